The minimum atomic E-state index is -0.346. The van der Waals surface area contributed by atoms with Crippen molar-refractivity contribution in [3.05, 3.63) is 54.5 Å². The third kappa shape index (κ3) is 4.52. The van der Waals surface area contributed by atoms with Gasteiger partial charge in [0.15, 0.2) is 0 Å². The lowest BCUT2D eigenvalue weighted by molar-refractivity contribution is 0.0741. The van der Waals surface area contributed by atoms with E-state index in [1.165, 1.54) is 0 Å². The number of methoxy groups -OCH3 is 1. The second kappa shape index (κ2) is 9.27. The molecule has 1 amide bonds. The molecule has 3 heterocycles. The van der Waals surface area contributed by atoms with Crippen molar-refractivity contribution in [2.24, 2.45) is 0 Å². The first-order valence-electron chi connectivity index (χ1n) is 9.56. The molecular weight excluding hydrogens is 386 g/mol. The number of aromatic nitrogens is 4. The normalized spacial score (nSPS) is 13.8. The fourth-order valence-corrected chi connectivity index (χ4v) is 3.02. The molecule has 0 unspecified atom stereocenters. The van der Waals surface area contributed by atoms with Gasteiger partial charge in [0.2, 0.25) is 5.89 Å². The summed E-state index contributed by atoms with van der Waals surface area (Å²) in [5, 5.41) is 8.20. The Hall–Kier alpha value is -3.59. The van der Waals surface area contributed by atoms with E-state index in [1.54, 1.807) is 24.4 Å². The molecule has 1 aliphatic heterocycles. The van der Waals surface area contributed by atoms with Gasteiger partial charge in [0.1, 0.15) is 12.3 Å². The van der Waals surface area contributed by atoms with Gasteiger partial charge in [-0.1, -0.05) is 24.3 Å². The lowest BCUT2D eigenvalue weighted by Crippen LogP contribution is -2.35. The Morgan fingerprint density at radius 3 is 2.67 bits per heavy atom. The van der Waals surface area contributed by atoms with Gasteiger partial charge < -0.3 is 18.8 Å². The van der Waals surface area contributed by atoms with Crippen molar-refractivity contribution in [1.29, 1.82) is 0 Å². The third-order valence-electron chi connectivity index (χ3n) is 4.61. The van der Waals surface area contributed by atoms with Crippen LogP contribution in [0.25, 0.3) is 28.6 Å². The molecule has 30 heavy (non-hydrogen) atoms. The second-order valence-electron chi connectivity index (χ2n) is 6.60. The monoisotopic (exact) mass is 407 g/mol. The van der Waals surface area contributed by atoms with Gasteiger partial charge in [-0.15, -0.1) is 10.2 Å². The van der Waals surface area contributed by atoms with Crippen LogP contribution in [0.3, 0.4) is 0 Å². The van der Waals surface area contributed by atoms with E-state index in [2.05, 4.69) is 20.2 Å². The van der Waals surface area contributed by atoms with Crippen LogP contribution in [0.2, 0.25) is 0 Å². The van der Waals surface area contributed by atoms with E-state index in [1.807, 2.05) is 36.4 Å². The van der Waals surface area contributed by atoms with Crippen molar-refractivity contribution in [2.45, 2.75) is 6.42 Å². The number of hydrogen-bond acceptors (Lipinski definition) is 8. The molecule has 1 aliphatic rings. The lowest BCUT2D eigenvalue weighted by Gasteiger charge is -2.25. The first-order valence-corrected chi connectivity index (χ1v) is 9.56. The maximum atomic E-state index is 12.0. The highest BCUT2D eigenvalue weighted by Gasteiger charge is 2.20. The van der Waals surface area contributed by atoms with Crippen molar-refractivity contribution >= 4 is 11.7 Å². The van der Waals surface area contributed by atoms with Gasteiger partial charge in [0.25, 0.3) is 5.89 Å². The van der Waals surface area contributed by atoms with E-state index in [0.29, 0.717) is 43.6 Å². The summed E-state index contributed by atoms with van der Waals surface area (Å²) < 4.78 is 15.8. The maximum Gasteiger partial charge on any atom is 0.410 e. The second-order valence-corrected chi connectivity index (χ2v) is 6.60. The number of nitrogens with zero attached hydrogens (tertiary/aromatic N) is 5. The van der Waals surface area contributed by atoms with E-state index in [0.717, 1.165) is 16.8 Å². The summed E-state index contributed by atoms with van der Waals surface area (Å²) in [7, 11) is 1.57. The van der Waals surface area contributed by atoms with Gasteiger partial charge in [0, 0.05) is 25.8 Å². The Balaban J connectivity index is 1.45. The van der Waals surface area contributed by atoms with Crippen LogP contribution in [0.15, 0.2) is 53.2 Å². The third-order valence-corrected chi connectivity index (χ3v) is 4.61. The molecule has 0 atom stereocenters. The fraction of sp³-hybridized carbons (Fsp3) is 0.286. The lowest BCUT2D eigenvalue weighted by atomic mass is 10.1. The van der Waals surface area contributed by atoms with Crippen LogP contribution in [-0.2, 0) is 9.47 Å². The summed E-state index contributed by atoms with van der Waals surface area (Å²) in [6.45, 7) is 1.61. The molecule has 0 radical (unpaired) electrons. The number of amides is 1. The molecule has 154 valence electrons. The van der Waals surface area contributed by atoms with Crippen LogP contribution in [0.1, 0.15) is 12.1 Å². The highest BCUT2D eigenvalue weighted by Crippen LogP contribution is 2.25. The van der Waals surface area contributed by atoms with Crippen LogP contribution < -0.4 is 0 Å². The zero-order valence-electron chi connectivity index (χ0n) is 16.5. The Bertz CT molecular complexity index is 1030. The molecule has 4 rings (SSSR count). The largest absolute Gasteiger partial charge is 0.447 e. The van der Waals surface area contributed by atoms with Crippen molar-refractivity contribution in [3.63, 3.8) is 0 Å². The van der Waals surface area contributed by atoms with Crippen LogP contribution in [-0.4, -0.2) is 64.6 Å². The Kier molecular flexibility index (Phi) is 6.09. The van der Waals surface area contributed by atoms with Gasteiger partial charge in [-0.05, 0) is 24.1 Å². The topological polar surface area (TPSA) is 103 Å². The highest BCUT2D eigenvalue weighted by molar-refractivity contribution is 5.71. The minimum Gasteiger partial charge on any atom is -0.447 e. The van der Waals surface area contributed by atoms with Crippen LogP contribution in [0.4, 0.5) is 4.79 Å². The number of hydrogen-bond donors (Lipinski definition) is 0. The predicted octanol–water partition coefficient (Wildman–Crippen LogP) is 3.07. The Morgan fingerprint density at radius 1 is 1.10 bits per heavy atom. The molecule has 0 saturated carbocycles. The molecule has 3 aromatic rings. The number of carbonyl (C=O) groups excluding carboxylic acids is 1. The summed E-state index contributed by atoms with van der Waals surface area (Å²) in [5.41, 5.74) is 3.07. The zero-order chi connectivity index (χ0) is 20.8. The summed E-state index contributed by atoms with van der Waals surface area (Å²) in [6, 6.07) is 9.54. The smallest absolute Gasteiger partial charge is 0.410 e. The quantitative estimate of drug-likeness (QED) is 0.574. The van der Waals surface area contributed by atoms with Crippen LogP contribution in [0.5, 0.6) is 0 Å². The molecule has 0 fully saturated rings. The number of benzene rings is 1. The van der Waals surface area contributed by atoms with E-state index in [4.69, 9.17) is 13.9 Å². The van der Waals surface area contributed by atoms with E-state index in [-0.39, 0.29) is 12.7 Å². The molecule has 0 bridgehead atoms. The van der Waals surface area contributed by atoms with E-state index in [9.17, 15) is 4.79 Å². The number of carbonyl (C=O) groups is 1. The first-order chi connectivity index (χ1) is 14.7. The summed E-state index contributed by atoms with van der Waals surface area (Å²) >= 11 is 0. The average molecular weight is 407 g/mol. The number of rotatable bonds is 6. The van der Waals surface area contributed by atoms with Crippen LogP contribution >= 0.6 is 0 Å². The predicted molar refractivity (Wildman–Crippen MR) is 108 cm³/mol. The summed E-state index contributed by atoms with van der Waals surface area (Å²) in [6.07, 6.45) is 5.54. The van der Waals surface area contributed by atoms with Gasteiger partial charge >= 0.3 is 6.09 Å². The first kappa shape index (κ1) is 19.7. The molecule has 0 spiro atoms. The molecule has 0 aliphatic carbocycles. The van der Waals surface area contributed by atoms with Crippen LogP contribution in [0, 0.1) is 0 Å². The number of ether oxygens (including phenoxy) is 2. The van der Waals surface area contributed by atoms with Gasteiger partial charge in [-0.25, -0.2) is 9.78 Å². The van der Waals surface area contributed by atoms with Crippen molar-refractivity contribution < 1.29 is 18.7 Å². The van der Waals surface area contributed by atoms with Gasteiger partial charge in [0.05, 0.1) is 24.7 Å². The van der Waals surface area contributed by atoms with Gasteiger partial charge in [-0.2, -0.15) is 0 Å². The fourth-order valence-electron chi connectivity index (χ4n) is 3.02. The SMILES string of the molecule is COCCOC(=O)N1CC=C(c2cncc(-c3nnc(-c4ccccc4)o3)n2)CC1. The molecular formula is C21H21N5O4. The molecule has 9 heteroatoms. The zero-order valence-corrected chi connectivity index (χ0v) is 16.5. The highest BCUT2D eigenvalue weighted by atomic mass is 16.6. The molecule has 0 saturated heterocycles. The average Bonchev–Trinajstić information content (AvgIpc) is 3.30. The van der Waals surface area contributed by atoms with Crippen molar-refractivity contribution in [2.75, 3.05) is 33.4 Å². The molecule has 2 aromatic heterocycles. The Labute approximate surface area is 173 Å². The van der Waals surface area contributed by atoms with E-state index >= 15 is 0 Å². The maximum absolute atomic E-state index is 12.0. The molecule has 1 aromatic carbocycles. The summed E-state index contributed by atoms with van der Waals surface area (Å²) in [4.78, 5) is 22.6. The molecule has 0 N–H and O–H groups in total. The Morgan fingerprint density at radius 2 is 1.90 bits per heavy atom. The molecule has 9 nitrogen and oxygen atoms in total. The van der Waals surface area contributed by atoms with Gasteiger partial charge in [-0.3, -0.25) is 4.98 Å². The van der Waals surface area contributed by atoms with Crippen molar-refractivity contribution in [1.82, 2.24) is 25.1 Å². The minimum absolute atomic E-state index is 0.241. The van der Waals surface area contributed by atoms with E-state index < -0.39 is 0 Å². The summed E-state index contributed by atoms with van der Waals surface area (Å²) in [5.74, 6) is 0.736. The standard InChI is InChI=1S/C21H21N5O4/c1-28-11-12-29-21(27)26-9-7-15(8-10-26)17-13-22-14-18(23-17)20-25-24-19(30-20)16-5-3-2-4-6-16/h2-7,13-14H,8-12H2,1H3. The van der Waals surface area contributed by atoms with Crippen molar-refractivity contribution in [3.8, 4) is 23.0 Å².